The number of allylic oxidation sites excluding steroid dienone is 2. The Kier molecular flexibility index (Phi) is 52.4. The highest BCUT2D eigenvalue weighted by molar-refractivity contribution is 6.27. The zero-order valence-electron chi connectivity index (χ0n) is 71.7. The van der Waals surface area contributed by atoms with Crippen molar-refractivity contribution in [3.63, 3.8) is 0 Å². The molecule has 0 fully saturated rings. The van der Waals surface area contributed by atoms with Crippen molar-refractivity contribution in [1.82, 2.24) is 0 Å². The highest BCUT2D eigenvalue weighted by atomic mass is 16.5. The lowest BCUT2D eigenvalue weighted by Crippen LogP contribution is -2.13. The number of hydrogen-bond acceptors (Lipinski definition) is 10. The molecule has 0 bridgehead atoms. The average molecular weight is 1520 g/mol. The summed E-state index contributed by atoms with van der Waals surface area (Å²) in [6.45, 7) is 17.3. The Morgan fingerprint density at radius 3 is 0.627 bits per heavy atom. The van der Waals surface area contributed by atoms with Crippen LogP contribution in [0.5, 0.6) is 34.5 Å². The summed E-state index contributed by atoms with van der Waals surface area (Å²) in [7, 11) is 0. The van der Waals surface area contributed by atoms with E-state index >= 15 is 0 Å². The number of fused-ring (bicyclic) bond motifs is 2. The van der Waals surface area contributed by atoms with Crippen LogP contribution in [0.4, 0.5) is 11.4 Å². The monoisotopic (exact) mass is 1520 g/mol. The number of unbranched alkanes of at least 4 members (excludes halogenated alkanes) is 54. The first-order valence-electron chi connectivity index (χ1n) is 47.2. The summed E-state index contributed by atoms with van der Waals surface area (Å²) < 4.78 is 41.4. The highest BCUT2D eigenvalue weighted by Crippen LogP contribution is 2.49. The van der Waals surface area contributed by atoms with Gasteiger partial charge in [-0.1, -0.05) is 400 Å². The quantitative estimate of drug-likeness (QED) is 0.0327. The van der Waals surface area contributed by atoms with E-state index in [1.165, 1.54) is 308 Å². The molecular weight excluding hydrogens is 1360 g/mol. The molecule has 10 heteroatoms. The van der Waals surface area contributed by atoms with Crippen LogP contribution in [0.25, 0.3) is 22.3 Å². The number of rotatable bonds is 74. The van der Waals surface area contributed by atoms with Gasteiger partial charge < -0.3 is 39.1 Å². The van der Waals surface area contributed by atoms with Gasteiger partial charge in [0.15, 0.2) is 23.0 Å². The molecule has 0 saturated heterocycles. The molecule has 0 saturated carbocycles. The van der Waals surface area contributed by atoms with Gasteiger partial charge in [0.2, 0.25) is 23.1 Å². The molecule has 0 aromatic heterocycles. The van der Waals surface area contributed by atoms with Gasteiger partial charge in [-0.05, 0) is 98.2 Å². The van der Waals surface area contributed by atoms with Crippen molar-refractivity contribution in [2.45, 2.75) is 427 Å². The van der Waals surface area contributed by atoms with Crippen molar-refractivity contribution in [2.24, 2.45) is 0 Å². The molecule has 2 aliphatic heterocycles. The first-order chi connectivity index (χ1) is 54.4. The number of carbonyl (C=O) groups is 2. The SMILES string of the molecule is CCCCCCCCCCCCOc1ccc(-c2ccc3c(c2)N/C(=C2/Nc4cc(-c5ccc(OCCCCCCCCCCCC)c(OCCCCCCCCCCCC)c5OCCCCCCCCCCCC)ccc4C2=O)C3=O)c(OCCCCCCCCCCCC)c1OCCCCCCCCCCCC. The molecule has 110 heavy (non-hydrogen) atoms. The molecule has 6 rings (SSSR count). The van der Waals surface area contributed by atoms with Crippen molar-refractivity contribution in [3.8, 4) is 56.8 Å². The van der Waals surface area contributed by atoms with E-state index in [1.54, 1.807) is 0 Å². The molecule has 0 aliphatic carbocycles. The van der Waals surface area contributed by atoms with Gasteiger partial charge in [0, 0.05) is 22.3 Å². The second kappa shape index (κ2) is 61.8. The molecule has 2 N–H and O–H groups in total. The number of Topliss-reactive ketones (excluding diaryl/α,β-unsaturated/α-hetero) is 2. The Balaban J connectivity index is 1.25. The third kappa shape index (κ3) is 37.1. The van der Waals surface area contributed by atoms with E-state index < -0.39 is 0 Å². The van der Waals surface area contributed by atoms with E-state index in [0.717, 1.165) is 111 Å². The van der Waals surface area contributed by atoms with E-state index in [1.807, 2.05) is 36.4 Å². The average Bonchev–Trinajstić information content (AvgIpc) is 1.55. The Labute approximate surface area is 674 Å². The summed E-state index contributed by atoms with van der Waals surface area (Å²) in [5, 5.41) is 6.98. The summed E-state index contributed by atoms with van der Waals surface area (Å²) in [5.41, 5.74) is 6.42. The Morgan fingerprint density at radius 1 is 0.209 bits per heavy atom. The molecule has 4 aromatic rings. The smallest absolute Gasteiger partial charge is 0.213 e. The van der Waals surface area contributed by atoms with Crippen molar-refractivity contribution in [3.05, 3.63) is 83.2 Å². The number of benzene rings is 4. The predicted octanol–water partition coefficient (Wildman–Crippen LogP) is 31.9. The first-order valence-corrected chi connectivity index (χ1v) is 47.2. The minimum Gasteiger partial charge on any atom is -0.490 e. The lowest BCUT2D eigenvalue weighted by atomic mass is 9.99. The van der Waals surface area contributed by atoms with Crippen molar-refractivity contribution >= 4 is 22.9 Å². The van der Waals surface area contributed by atoms with Gasteiger partial charge in [-0.15, -0.1) is 0 Å². The Morgan fingerprint density at radius 2 is 0.400 bits per heavy atom. The first kappa shape index (κ1) is 93.2. The van der Waals surface area contributed by atoms with E-state index in [0.29, 0.717) is 85.1 Å². The second-order valence-electron chi connectivity index (χ2n) is 32.9. The lowest BCUT2D eigenvalue weighted by molar-refractivity contribution is 0.101. The van der Waals surface area contributed by atoms with Gasteiger partial charge in [-0.2, -0.15) is 0 Å². The molecule has 0 radical (unpaired) electrons. The maximum absolute atomic E-state index is 14.8. The number of nitrogens with one attached hydrogen (secondary N) is 2. The normalized spacial score (nSPS) is 13.1. The number of ether oxygens (including phenoxy) is 6. The van der Waals surface area contributed by atoms with Crippen LogP contribution in [0.3, 0.4) is 0 Å². The fourth-order valence-electron chi connectivity index (χ4n) is 16.0. The molecule has 0 atom stereocenters. The molecule has 10 nitrogen and oxygen atoms in total. The van der Waals surface area contributed by atoms with E-state index in [4.69, 9.17) is 28.4 Å². The van der Waals surface area contributed by atoms with Crippen LogP contribution >= 0.6 is 0 Å². The fourth-order valence-corrected chi connectivity index (χ4v) is 16.0. The van der Waals surface area contributed by atoms with E-state index in [9.17, 15) is 9.59 Å². The molecular formula is C100H162N2O8. The van der Waals surface area contributed by atoms with Crippen LogP contribution in [0, 0.1) is 0 Å². The molecule has 2 aliphatic rings. The predicted molar refractivity (Wildman–Crippen MR) is 471 cm³/mol. The number of hydrogen-bond donors (Lipinski definition) is 2. The largest absolute Gasteiger partial charge is 0.490 e. The van der Waals surface area contributed by atoms with Crippen LogP contribution in [0.1, 0.15) is 448 Å². The molecule has 0 unspecified atom stereocenters. The molecule has 4 aromatic carbocycles. The molecule has 0 amide bonds. The van der Waals surface area contributed by atoms with Gasteiger partial charge in [0.05, 0.1) is 51.0 Å². The highest BCUT2D eigenvalue weighted by Gasteiger charge is 2.36. The summed E-state index contributed by atoms with van der Waals surface area (Å²) in [5.74, 6) is 3.76. The third-order valence-electron chi connectivity index (χ3n) is 23.0. The number of carbonyl (C=O) groups excluding carboxylic acids is 2. The molecule has 2 heterocycles. The molecule has 0 spiro atoms. The second-order valence-corrected chi connectivity index (χ2v) is 32.9. The van der Waals surface area contributed by atoms with Crippen LogP contribution in [-0.4, -0.2) is 51.2 Å². The molecule has 620 valence electrons. The van der Waals surface area contributed by atoms with E-state index in [2.05, 4.69) is 76.4 Å². The van der Waals surface area contributed by atoms with Gasteiger partial charge in [-0.3, -0.25) is 9.59 Å². The van der Waals surface area contributed by atoms with Gasteiger partial charge in [0.25, 0.3) is 0 Å². The number of ketones is 2. The lowest BCUT2D eigenvalue weighted by Gasteiger charge is -2.21. The van der Waals surface area contributed by atoms with Gasteiger partial charge in [-0.25, -0.2) is 0 Å². The van der Waals surface area contributed by atoms with Crippen molar-refractivity contribution in [1.29, 1.82) is 0 Å². The standard InChI is InChI=1S/C100H162N2O8/c1-7-13-19-25-31-37-43-49-55-61-75-105-91-73-71-85(97(107-77-63-57-51-45-39-33-27-21-15-9-3)99(91)109-79-65-59-53-47-41-35-29-23-17-11-5)83-67-69-87-89(81-83)101-93(95(87)103)94-96(104)88-70-68-84(82-90(88)102-94)86-72-74-92(106-76-62-56-50-44-38-32-26-20-14-8-2)100(110-80-66-60-54-48-42-36-30-24-18-12-6)98(86)108-78-64-58-52-46-40-34-28-22-16-10-4/h67-74,81-82,101-102H,7-66,75-80H2,1-6H3/b94-93+. The van der Waals surface area contributed by atoms with E-state index in [-0.39, 0.29) is 23.0 Å². The van der Waals surface area contributed by atoms with Gasteiger partial charge in [0.1, 0.15) is 11.4 Å². The van der Waals surface area contributed by atoms with Crippen LogP contribution in [0.15, 0.2) is 72.1 Å². The number of anilines is 2. The summed E-state index contributed by atoms with van der Waals surface area (Å²) >= 11 is 0. The van der Waals surface area contributed by atoms with Crippen molar-refractivity contribution < 1.29 is 38.0 Å². The zero-order valence-corrected chi connectivity index (χ0v) is 71.7. The maximum atomic E-state index is 14.8. The van der Waals surface area contributed by atoms with Crippen LogP contribution < -0.4 is 39.1 Å². The fraction of sp³-hybridized carbons (Fsp3) is 0.720. The van der Waals surface area contributed by atoms with Crippen LogP contribution in [0.2, 0.25) is 0 Å². The summed E-state index contributed by atoms with van der Waals surface area (Å²) in [4.78, 5) is 29.6. The summed E-state index contributed by atoms with van der Waals surface area (Å²) in [6, 6.07) is 20.3. The summed E-state index contributed by atoms with van der Waals surface area (Å²) in [6.07, 6.45) is 75.3. The minimum atomic E-state index is -0.218. The van der Waals surface area contributed by atoms with Crippen LogP contribution in [-0.2, 0) is 0 Å². The Bertz CT molecular complexity index is 2860. The minimum absolute atomic E-state index is 0.218. The van der Waals surface area contributed by atoms with Gasteiger partial charge >= 0.3 is 0 Å². The third-order valence-corrected chi connectivity index (χ3v) is 23.0. The topological polar surface area (TPSA) is 114 Å². The Hall–Kier alpha value is -5.64. The zero-order chi connectivity index (χ0) is 77.8. The van der Waals surface area contributed by atoms with Crippen molar-refractivity contribution in [2.75, 3.05) is 50.3 Å². The maximum Gasteiger partial charge on any atom is 0.213 e.